The second-order valence-electron chi connectivity index (χ2n) is 4.24. The SMILES string of the molecule is CCCCN(CCO)C(=O)c1ccc(C=CC(=O)O)s1. The highest BCUT2D eigenvalue weighted by molar-refractivity contribution is 7.14. The molecule has 20 heavy (non-hydrogen) atoms. The van der Waals surface area contributed by atoms with Crippen molar-refractivity contribution < 1.29 is 19.8 Å². The number of carbonyl (C=O) groups is 2. The average Bonchev–Trinajstić information content (AvgIpc) is 2.89. The summed E-state index contributed by atoms with van der Waals surface area (Å²) in [4.78, 5) is 25.6. The van der Waals surface area contributed by atoms with Gasteiger partial charge in [0, 0.05) is 24.0 Å². The number of unbranched alkanes of at least 4 members (excludes halogenated alkanes) is 1. The number of carboxylic acid groups (broad SMARTS) is 1. The second-order valence-corrected chi connectivity index (χ2v) is 5.36. The number of nitrogens with zero attached hydrogens (tertiary/aromatic N) is 1. The van der Waals surface area contributed by atoms with Crippen LogP contribution in [-0.4, -0.2) is 46.7 Å². The highest BCUT2D eigenvalue weighted by atomic mass is 32.1. The third kappa shape index (κ3) is 5.14. The summed E-state index contributed by atoms with van der Waals surface area (Å²) in [7, 11) is 0. The summed E-state index contributed by atoms with van der Waals surface area (Å²) in [5, 5.41) is 17.6. The van der Waals surface area contributed by atoms with Gasteiger partial charge >= 0.3 is 5.97 Å². The van der Waals surface area contributed by atoms with E-state index in [0.29, 0.717) is 18.0 Å². The molecular formula is C14H19NO4S. The van der Waals surface area contributed by atoms with E-state index in [9.17, 15) is 9.59 Å². The van der Waals surface area contributed by atoms with E-state index in [1.54, 1.807) is 17.0 Å². The molecule has 1 aromatic rings. The van der Waals surface area contributed by atoms with E-state index < -0.39 is 5.97 Å². The van der Waals surface area contributed by atoms with Crippen LogP contribution in [0.5, 0.6) is 0 Å². The lowest BCUT2D eigenvalue weighted by Crippen LogP contribution is -2.33. The highest BCUT2D eigenvalue weighted by Crippen LogP contribution is 2.20. The fraction of sp³-hybridized carbons (Fsp3) is 0.429. The predicted molar refractivity (Wildman–Crippen MR) is 78.9 cm³/mol. The lowest BCUT2D eigenvalue weighted by Gasteiger charge is -2.20. The van der Waals surface area contributed by atoms with Gasteiger partial charge in [0.15, 0.2) is 0 Å². The van der Waals surface area contributed by atoms with Gasteiger partial charge in [-0.25, -0.2) is 4.79 Å². The summed E-state index contributed by atoms with van der Waals surface area (Å²) in [6.45, 7) is 2.92. The number of carboxylic acids is 1. The van der Waals surface area contributed by atoms with Crippen molar-refractivity contribution in [3.05, 3.63) is 28.0 Å². The van der Waals surface area contributed by atoms with Crippen LogP contribution in [0.25, 0.3) is 6.08 Å². The fourth-order valence-corrected chi connectivity index (χ4v) is 2.53. The number of aliphatic hydroxyl groups excluding tert-OH is 1. The molecule has 0 atom stereocenters. The molecule has 0 aliphatic rings. The van der Waals surface area contributed by atoms with E-state index in [4.69, 9.17) is 10.2 Å². The summed E-state index contributed by atoms with van der Waals surface area (Å²) >= 11 is 1.25. The third-order valence-electron chi connectivity index (χ3n) is 2.67. The van der Waals surface area contributed by atoms with Gasteiger partial charge in [-0.2, -0.15) is 0 Å². The largest absolute Gasteiger partial charge is 0.478 e. The van der Waals surface area contributed by atoms with Crippen LogP contribution in [0.3, 0.4) is 0 Å². The van der Waals surface area contributed by atoms with Gasteiger partial charge in [0.25, 0.3) is 5.91 Å². The van der Waals surface area contributed by atoms with Gasteiger partial charge in [0.1, 0.15) is 0 Å². The summed E-state index contributed by atoms with van der Waals surface area (Å²) in [5.74, 6) is -1.14. The van der Waals surface area contributed by atoms with Crippen LogP contribution in [0.2, 0.25) is 0 Å². The molecule has 0 aliphatic carbocycles. The van der Waals surface area contributed by atoms with Crippen molar-refractivity contribution in [3.63, 3.8) is 0 Å². The van der Waals surface area contributed by atoms with Crippen molar-refractivity contribution in [3.8, 4) is 0 Å². The maximum absolute atomic E-state index is 12.3. The molecule has 1 rings (SSSR count). The van der Waals surface area contributed by atoms with Crippen LogP contribution in [-0.2, 0) is 4.79 Å². The quantitative estimate of drug-likeness (QED) is 0.720. The molecule has 1 amide bonds. The van der Waals surface area contributed by atoms with Crippen LogP contribution < -0.4 is 0 Å². The average molecular weight is 297 g/mol. The normalized spacial score (nSPS) is 10.9. The van der Waals surface area contributed by atoms with Gasteiger partial charge in [-0.3, -0.25) is 4.79 Å². The zero-order valence-corrected chi connectivity index (χ0v) is 12.2. The molecule has 1 aromatic heterocycles. The molecule has 1 heterocycles. The molecule has 110 valence electrons. The van der Waals surface area contributed by atoms with Gasteiger partial charge < -0.3 is 15.1 Å². The number of hydrogen-bond donors (Lipinski definition) is 2. The second kappa shape index (κ2) is 8.50. The molecule has 0 unspecified atom stereocenters. The van der Waals surface area contributed by atoms with E-state index in [1.165, 1.54) is 17.4 Å². The Kier molecular flexibility index (Phi) is 6.97. The molecule has 0 bridgehead atoms. The Morgan fingerprint density at radius 1 is 1.35 bits per heavy atom. The summed E-state index contributed by atoms with van der Waals surface area (Å²) in [6.07, 6.45) is 4.38. The number of thiophene rings is 1. The molecule has 5 nitrogen and oxygen atoms in total. The topological polar surface area (TPSA) is 77.8 Å². The number of hydrogen-bond acceptors (Lipinski definition) is 4. The van der Waals surface area contributed by atoms with Crippen LogP contribution in [0.1, 0.15) is 34.3 Å². The Morgan fingerprint density at radius 3 is 2.70 bits per heavy atom. The number of aliphatic hydroxyl groups is 1. The first-order valence-corrected chi connectivity index (χ1v) is 7.31. The van der Waals surface area contributed by atoms with Crippen molar-refractivity contribution in [1.82, 2.24) is 4.90 Å². The Balaban J connectivity index is 2.76. The highest BCUT2D eigenvalue weighted by Gasteiger charge is 2.16. The maximum Gasteiger partial charge on any atom is 0.328 e. The molecule has 6 heteroatoms. The van der Waals surface area contributed by atoms with E-state index in [-0.39, 0.29) is 12.5 Å². The summed E-state index contributed by atoms with van der Waals surface area (Å²) < 4.78 is 0. The summed E-state index contributed by atoms with van der Waals surface area (Å²) in [5.41, 5.74) is 0. The smallest absolute Gasteiger partial charge is 0.328 e. The van der Waals surface area contributed by atoms with Crippen LogP contribution in [0, 0.1) is 0 Å². The number of aliphatic carboxylic acids is 1. The van der Waals surface area contributed by atoms with Crippen molar-refractivity contribution in [2.45, 2.75) is 19.8 Å². The molecule has 0 aliphatic heterocycles. The van der Waals surface area contributed by atoms with Crippen molar-refractivity contribution in [2.24, 2.45) is 0 Å². The van der Waals surface area contributed by atoms with E-state index in [1.807, 2.05) is 6.92 Å². The first-order valence-electron chi connectivity index (χ1n) is 6.49. The van der Waals surface area contributed by atoms with Crippen LogP contribution >= 0.6 is 11.3 Å². The molecule has 0 aromatic carbocycles. The molecule has 0 radical (unpaired) electrons. The standard InChI is InChI=1S/C14H19NO4S/c1-2-3-8-15(9-10-16)14(19)12-6-4-11(20-12)5-7-13(17)18/h4-7,16H,2-3,8-10H2,1H3,(H,17,18). The molecule has 0 fully saturated rings. The Morgan fingerprint density at radius 2 is 2.10 bits per heavy atom. The van der Waals surface area contributed by atoms with E-state index in [2.05, 4.69) is 0 Å². The lowest BCUT2D eigenvalue weighted by atomic mass is 10.3. The van der Waals surface area contributed by atoms with E-state index >= 15 is 0 Å². The van der Waals surface area contributed by atoms with Crippen molar-refractivity contribution in [1.29, 1.82) is 0 Å². The molecule has 0 spiro atoms. The summed E-state index contributed by atoms with van der Waals surface area (Å²) in [6, 6.07) is 3.40. The number of amides is 1. The number of carbonyl (C=O) groups excluding carboxylic acids is 1. The van der Waals surface area contributed by atoms with Crippen LogP contribution in [0.15, 0.2) is 18.2 Å². The van der Waals surface area contributed by atoms with Gasteiger partial charge in [-0.05, 0) is 24.6 Å². The monoisotopic (exact) mass is 297 g/mol. The minimum absolute atomic E-state index is 0.0629. The van der Waals surface area contributed by atoms with Gasteiger partial charge in [0.05, 0.1) is 11.5 Å². The molecule has 2 N–H and O–H groups in total. The molecule has 0 saturated heterocycles. The Labute approximate surface area is 122 Å². The zero-order valence-electron chi connectivity index (χ0n) is 11.4. The molecular weight excluding hydrogens is 278 g/mol. The maximum atomic E-state index is 12.3. The minimum Gasteiger partial charge on any atom is -0.478 e. The van der Waals surface area contributed by atoms with Crippen LogP contribution in [0.4, 0.5) is 0 Å². The first kappa shape index (κ1) is 16.4. The Hall–Kier alpha value is -1.66. The van der Waals surface area contributed by atoms with Gasteiger partial charge in [-0.15, -0.1) is 11.3 Å². The van der Waals surface area contributed by atoms with Gasteiger partial charge in [0.2, 0.25) is 0 Å². The first-order chi connectivity index (χ1) is 9.58. The van der Waals surface area contributed by atoms with Gasteiger partial charge in [-0.1, -0.05) is 13.3 Å². The lowest BCUT2D eigenvalue weighted by molar-refractivity contribution is -0.131. The molecule has 0 saturated carbocycles. The van der Waals surface area contributed by atoms with E-state index in [0.717, 1.165) is 23.8 Å². The number of rotatable bonds is 8. The predicted octanol–water partition coefficient (Wildman–Crippen LogP) is 2.08. The zero-order chi connectivity index (χ0) is 15.0. The fourth-order valence-electron chi connectivity index (χ4n) is 1.65. The third-order valence-corrected chi connectivity index (χ3v) is 3.70. The Bertz CT molecular complexity index is 481. The van der Waals surface area contributed by atoms with Crippen molar-refractivity contribution in [2.75, 3.05) is 19.7 Å². The minimum atomic E-state index is -1.02. The van der Waals surface area contributed by atoms with Crippen molar-refractivity contribution >= 4 is 29.3 Å².